The number of fused-ring (bicyclic) bond motifs is 1. The highest BCUT2D eigenvalue weighted by Gasteiger charge is 2.25. The van der Waals surface area contributed by atoms with Crippen LogP contribution in [0, 0.1) is 5.92 Å². The van der Waals surface area contributed by atoms with E-state index in [1.54, 1.807) is 12.3 Å². The first-order valence-corrected chi connectivity index (χ1v) is 8.69. The summed E-state index contributed by atoms with van der Waals surface area (Å²) in [4.78, 5) is 27.1. The lowest BCUT2D eigenvalue weighted by molar-refractivity contribution is 0.0667. The molecule has 4 rings (SSSR count). The summed E-state index contributed by atoms with van der Waals surface area (Å²) < 4.78 is 0. The molecule has 1 unspecified atom stereocenters. The van der Waals surface area contributed by atoms with Crippen LogP contribution in [0.4, 0.5) is 0 Å². The molecule has 3 aromatic rings. The molecule has 1 aliphatic rings. The van der Waals surface area contributed by atoms with Gasteiger partial charge in [-0.1, -0.05) is 24.3 Å². The van der Waals surface area contributed by atoms with Crippen molar-refractivity contribution in [2.75, 3.05) is 13.1 Å². The number of carbonyl (C=O) groups excluding carboxylic acids is 1. The first kappa shape index (κ1) is 15.7. The molecule has 0 radical (unpaired) electrons. The summed E-state index contributed by atoms with van der Waals surface area (Å²) in [5, 5.41) is 1.17. The third kappa shape index (κ3) is 3.36. The fourth-order valence-electron chi connectivity index (χ4n) is 3.64. The van der Waals surface area contributed by atoms with Gasteiger partial charge in [-0.25, -0.2) is 9.97 Å². The first-order valence-electron chi connectivity index (χ1n) is 8.69. The van der Waals surface area contributed by atoms with Crippen LogP contribution >= 0.6 is 0 Å². The van der Waals surface area contributed by atoms with Gasteiger partial charge in [0.15, 0.2) is 0 Å². The van der Waals surface area contributed by atoms with Gasteiger partial charge in [0, 0.05) is 30.9 Å². The van der Waals surface area contributed by atoms with Crippen LogP contribution in [0.3, 0.4) is 0 Å². The van der Waals surface area contributed by atoms with Crippen LogP contribution in [0.1, 0.15) is 28.9 Å². The minimum Gasteiger partial charge on any atom is -0.337 e. The lowest BCUT2D eigenvalue weighted by atomic mass is 9.90. The molecule has 0 bridgehead atoms. The van der Waals surface area contributed by atoms with Gasteiger partial charge < -0.3 is 4.90 Å². The van der Waals surface area contributed by atoms with Gasteiger partial charge in [-0.15, -0.1) is 0 Å². The standard InChI is InChI=1S/C20H20N4O/c25-20(18-8-10-21-14-23-18)24-11-3-4-15(13-24)12-17-6-1-5-16-7-2-9-22-19(16)17/h1-2,5-10,14-15H,3-4,11-13H2. The molecule has 126 valence electrons. The Bertz CT molecular complexity index is 876. The van der Waals surface area contributed by atoms with Crippen molar-refractivity contribution in [2.24, 2.45) is 5.92 Å². The second kappa shape index (κ2) is 6.97. The molecular formula is C20H20N4O. The van der Waals surface area contributed by atoms with Gasteiger partial charge in [0.2, 0.25) is 0 Å². The Morgan fingerprint density at radius 2 is 2.04 bits per heavy atom. The number of carbonyl (C=O) groups is 1. The van der Waals surface area contributed by atoms with Crippen molar-refractivity contribution >= 4 is 16.8 Å². The monoisotopic (exact) mass is 332 g/mol. The molecule has 5 heteroatoms. The zero-order valence-corrected chi connectivity index (χ0v) is 14.0. The molecule has 1 amide bonds. The normalized spacial score (nSPS) is 17.6. The van der Waals surface area contributed by atoms with E-state index in [0.29, 0.717) is 11.6 Å². The molecule has 1 aliphatic heterocycles. The van der Waals surface area contributed by atoms with Gasteiger partial charge in [-0.3, -0.25) is 9.78 Å². The second-order valence-electron chi connectivity index (χ2n) is 6.55. The van der Waals surface area contributed by atoms with Gasteiger partial charge >= 0.3 is 0 Å². The van der Waals surface area contributed by atoms with E-state index in [2.05, 4.69) is 39.2 Å². The summed E-state index contributed by atoms with van der Waals surface area (Å²) in [7, 11) is 0. The van der Waals surface area contributed by atoms with Crippen LogP contribution < -0.4 is 0 Å². The van der Waals surface area contributed by atoms with Gasteiger partial charge in [-0.05, 0) is 42.9 Å². The number of aromatic nitrogens is 3. The molecule has 5 nitrogen and oxygen atoms in total. The van der Waals surface area contributed by atoms with Crippen LogP contribution in [0.2, 0.25) is 0 Å². The van der Waals surface area contributed by atoms with E-state index in [1.807, 2.05) is 17.2 Å². The number of pyridine rings is 1. The zero-order valence-electron chi connectivity index (χ0n) is 14.0. The predicted octanol–water partition coefficient (Wildman–Crippen LogP) is 3.12. The average Bonchev–Trinajstić information content (AvgIpc) is 2.69. The zero-order chi connectivity index (χ0) is 17.1. The van der Waals surface area contributed by atoms with E-state index in [4.69, 9.17) is 0 Å². The Labute approximate surface area is 146 Å². The van der Waals surface area contributed by atoms with E-state index in [0.717, 1.165) is 37.9 Å². The third-order valence-electron chi connectivity index (χ3n) is 4.83. The van der Waals surface area contributed by atoms with Crippen molar-refractivity contribution < 1.29 is 4.79 Å². The summed E-state index contributed by atoms with van der Waals surface area (Å²) in [6, 6.07) is 12.1. The molecular weight excluding hydrogens is 312 g/mol. The van der Waals surface area contributed by atoms with Crippen LogP contribution in [-0.4, -0.2) is 38.8 Å². The number of hydrogen-bond donors (Lipinski definition) is 0. The maximum Gasteiger partial charge on any atom is 0.272 e. The number of benzene rings is 1. The fraction of sp³-hybridized carbons (Fsp3) is 0.300. The van der Waals surface area contributed by atoms with E-state index in [-0.39, 0.29) is 5.91 Å². The van der Waals surface area contributed by atoms with Crippen LogP contribution in [0.15, 0.2) is 55.1 Å². The lowest BCUT2D eigenvalue weighted by Gasteiger charge is -2.32. The molecule has 1 atom stereocenters. The fourth-order valence-corrected chi connectivity index (χ4v) is 3.64. The van der Waals surface area contributed by atoms with Crippen molar-refractivity contribution in [3.63, 3.8) is 0 Å². The Hall–Kier alpha value is -2.82. The first-order chi connectivity index (χ1) is 12.3. The van der Waals surface area contributed by atoms with Crippen molar-refractivity contribution in [1.29, 1.82) is 0 Å². The Morgan fingerprint density at radius 1 is 1.12 bits per heavy atom. The number of nitrogens with zero attached hydrogens (tertiary/aromatic N) is 4. The second-order valence-corrected chi connectivity index (χ2v) is 6.55. The highest BCUT2D eigenvalue weighted by atomic mass is 16.2. The summed E-state index contributed by atoms with van der Waals surface area (Å²) in [6.45, 7) is 1.57. The number of amides is 1. The topological polar surface area (TPSA) is 59.0 Å². The minimum absolute atomic E-state index is 0.00291. The number of para-hydroxylation sites is 1. The van der Waals surface area contributed by atoms with Crippen LogP contribution in [0.25, 0.3) is 10.9 Å². The smallest absolute Gasteiger partial charge is 0.272 e. The van der Waals surface area contributed by atoms with E-state index in [1.165, 1.54) is 17.3 Å². The minimum atomic E-state index is 0.00291. The molecule has 1 aromatic carbocycles. The van der Waals surface area contributed by atoms with E-state index >= 15 is 0 Å². The van der Waals surface area contributed by atoms with E-state index in [9.17, 15) is 4.79 Å². The van der Waals surface area contributed by atoms with Crippen molar-refractivity contribution in [3.8, 4) is 0 Å². The maximum absolute atomic E-state index is 12.6. The highest BCUT2D eigenvalue weighted by molar-refractivity contribution is 5.92. The van der Waals surface area contributed by atoms with Gasteiger partial charge in [0.25, 0.3) is 5.91 Å². The number of hydrogen-bond acceptors (Lipinski definition) is 4. The lowest BCUT2D eigenvalue weighted by Crippen LogP contribution is -2.40. The molecule has 0 aliphatic carbocycles. The molecule has 25 heavy (non-hydrogen) atoms. The molecule has 1 fully saturated rings. The largest absolute Gasteiger partial charge is 0.337 e. The molecule has 3 heterocycles. The maximum atomic E-state index is 12.6. The van der Waals surface area contributed by atoms with Gasteiger partial charge in [0.1, 0.15) is 12.0 Å². The number of piperidine rings is 1. The summed E-state index contributed by atoms with van der Waals surface area (Å²) >= 11 is 0. The molecule has 1 saturated heterocycles. The summed E-state index contributed by atoms with van der Waals surface area (Å²) in [6.07, 6.45) is 8.00. The quantitative estimate of drug-likeness (QED) is 0.739. The molecule has 0 spiro atoms. The van der Waals surface area contributed by atoms with Crippen LogP contribution in [0.5, 0.6) is 0 Å². The van der Waals surface area contributed by atoms with Gasteiger partial charge in [-0.2, -0.15) is 0 Å². The molecule has 0 saturated carbocycles. The number of likely N-dealkylation sites (tertiary alicyclic amines) is 1. The van der Waals surface area contributed by atoms with E-state index < -0.39 is 0 Å². The molecule has 0 N–H and O–H groups in total. The van der Waals surface area contributed by atoms with Crippen molar-refractivity contribution in [1.82, 2.24) is 19.9 Å². The van der Waals surface area contributed by atoms with Crippen molar-refractivity contribution in [3.05, 3.63) is 66.4 Å². The van der Waals surface area contributed by atoms with Gasteiger partial charge in [0.05, 0.1) is 5.52 Å². The SMILES string of the molecule is O=C(c1ccncn1)N1CCCC(Cc2cccc3cccnc23)C1. The number of rotatable bonds is 3. The Kier molecular flexibility index (Phi) is 4.37. The van der Waals surface area contributed by atoms with Crippen molar-refractivity contribution in [2.45, 2.75) is 19.3 Å². The summed E-state index contributed by atoms with van der Waals surface area (Å²) in [5.41, 5.74) is 2.81. The average molecular weight is 332 g/mol. The van der Waals surface area contributed by atoms with Crippen LogP contribution in [-0.2, 0) is 6.42 Å². The third-order valence-corrected chi connectivity index (χ3v) is 4.83. The Balaban J connectivity index is 1.51. The predicted molar refractivity (Wildman–Crippen MR) is 96.1 cm³/mol. The highest BCUT2D eigenvalue weighted by Crippen LogP contribution is 2.25. The molecule has 2 aromatic heterocycles. The summed E-state index contributed by atoms with van der Waals surface area (Å²) in [5.74, 6) is 0.454. The Morgan fingerprint density at radius 3 is 2.92 bits per heavy atom.